The number of fused-ring (bicyclic) bond motifs is 1. The normalized spacial score (nSPS) is 11.2. The molecule has 9 heteroatoms. The molecule has 0 amide bonds. The summed E-state index contributed by atoms with van der Waals surface area (Å²) in [5.74, 6) is 2.29. The van der Waals surface area contributed by atoms with Crippen LogP contribution in [0.5, 0.6) is 11.5 Å². The van der Waals surface area contributed by atoms with Gasteiger partial charge in [-0.1, -0.05) is 42.5 Å². The van der Waals surface area contributed by atoms with E-state index in [-0.39, 0.29) is 5.56 Å². The molecule has 5 rings (SSSR count). The molecule has 1 N–H and O–H groups in total. The number of hydrogen-bond acceptors (Lipinski definition) is 7. The van der Waals surface area contributed by atoms with E-state index < -0.39 is 0 Å². The summed E-state index contributed by atoms with van der Waals surface area (Å²) in [6.45, 7) is 4.59. The highest BCUT2D eigenvalue weighted by molar-refractivity contribution is 5.80. The number of H-pyrrole nitrogens is 1. The molecule has 38 heavy (non-hydrogen) atoms. The zero-order valence-corrected chi connectivity index (χ0v) is 21.5. The van der Waals surface area contributed by atoms with Gasteiger partial charge < -0.3 is 14.5 Å². The molecule has 2 heterocycles. The minimum absolute atomic E-state index is 0.113. The fourth-order valence-corrected chi connectivity index (χ4v) is 4.42. The molecule has 5 aromatic rings. The summed E-state index contributed by atoms with van der Waals surface area (Å²) in [7, 11) is 1.65. The van der Waals surface area contributed by atoms with Crippen LogP contribution in [-0.4, -0.2) is 43.8 Å². The molecule has 194 valence electrons. The predicted octanol–water partition coefficient (Wildman–Crippen LogP) is 4.17. The molecular weight excluding hydrogens is 480 g/mol. The number of pyridine rings is 1. The van der Waals surface area contributed by atoms with E-state index in [1.807, 2.05) is 73.7 Å². The van der Waals surface area contributed by atoms with Crippen LogP contribution in [0.4, 0.5) is 0 Å². The molecular formula is C29H30N6O3. The zero-order chi connectivity index (χ0) is 26.3. The van der Waals surface area contributed by atoms with Gasteiger partial charge >= 0.3 is 0 Å². The number of aromatic amines is 1. The number of rotatable bonds is 11. The number of ether oxygens (including phenoxy) is 2. The van der Waals surface area contributed by atoms with E-state index in [0.717, 1.165) is 33.5 Å². The maximum atomic E-state index is 13.0. The van der Waals surface area contributed by atoms with Crippen molar-refractivity contribution in [2.75, 3.05) is 13.7 Å². The Bertz CT molecular complexity index is 1550. The van der Waals surface area contributed by atoms with Gasteiger partial charge in [-0.05, 0) is 64.9 Å². The van der Waals surface area contributed by atoms with Crippen molar-refractivity contribution in [3.05, 3.63) is 112 Å². The molecule has 0 aliphatic carbocycles. The topological polar surface area (TPSA) is 98.2 Å². The molecule has 0 aliphatic heterocycles. The van der Waals surface area contributed by atoms with Crippen molar-refractivity contribution >= 4 is 10.9 Å². The number of nitrogens with one attached hydrogen (secondary N) is 1. The van der Waals surface area contributed by atoms with E-state index >= 15 is 0 Å². The number of hydrogen-bond donors (Lipinski definition) is 1. The first kappa shape index (κ1) is 25.2. The molecule has 2 aromatic heterocycles. The third-order valence-corrected chi connectivity index (χ3v) is 6.31. The van der Waals surface area contributed by atoms with Crippen molar-refractivity contribution in [1.82, 2.24) is 30.1 Å². The summed E-state index contributed by atoms with van der Waals surface area (Å²) in [5, 5.41) is 13.4. The highest BCUT2D eigenvalue weighted by Gasteiger charge is 2.16. The number of tetrazole rings is 1. The average Bonchev–Trinajstić information content (AvgIpc) is 3.36. The third kappa shape index (κ3) is 6.07. The lowest BCUT2D eigenvalue weighted by Gasteiger charge is -2.22. The van der Waals surface area contributed by atoms with E-state index in [2.05, 4.69) is 37.5 Å². The molecule has 0 saturated carbocycles. The molecule has 0 saturated heterocycles. The SMILES string of the molecule is CCOc1ccc2[nH]c(=O)c(CN(Cc3ccccc3)Cc3nnnn3Cc3ccc(OC)cc3)cc2c1. The van der Waals surface area contributed by atoms with Crippen LogP contribution < -0.4 is 15.0 Å². The molecule has 0 unspecified atom stereocenters. The summed E-state index contributed by atoms with van der Waals surface area (Å²) in [4.78, 5) is 18.2. The Morgan fingerprint density at radius 2 is 1.68 bits per heavy atom. The summed E-state index contributed by atoms with van der Waals surface area (Å²) >= 11 is 0. The van der Waals surface area contributed by atoms with Crippen molar-refractivity contribution < 1.29 is 9.47 Å². The molecule has 0 aliphatic rings. The lowest BCUT2D eigenvalue weighted by Crippen LogP contribution is -2.28. The van der Waals surface area contributed by atoms with Gasteiger partial charge in [-0.3, -0.25) is 9.69 Å². The van der Waals surface area contributed by atoms with Crippen LogP contribution >= 0.6 is 0 Å². The van der Waals surface area contributed by atoms with Gasteiger partial charge in [-0.15, -0.1) is 5.10 Å². The first-order valence-corrected chi connectivity index (χ1v) is 12.5. The second kappa shape index (κ2) is 11.7. The Hall–Kier alpha value is -4.50. The molecule has 0 radical (unpaired) electrons. The largest absolute Gasteiger partial charge is 0.497 e. The van der Waals surface area contributed by atoms with Crippen LogP contribution in [0.15, 0.2) is 83.7 Å². The second-order valence-corrected chi connectivity index (χ2v) is 9.04. The van der Waals surface area contributed by atoms with E-state index in [9.17, 15) is 4.79 Å². The lowest BCUT2D eigenvalue weighted by atomic mass is 10.1. The van der Waals surface area contributed by atoms with Crippen molar-refractivity contribution in [2.24, 2.45) is 0 Å². The molecule has 3 aromatic carbocycles. The summed E-state index contributed by atoms with van der Waals surface area (Å²) < 4.78 is 12.7. The lowest BCUT2D eigenvalue weighted by molar-refractivity contribution is 0.236. The highest BCUT2D eigenvalue weighted by Crippen LogP contribution is 2.21. The first-order valence-electron chi connectivity index (χ1n) is 12.5. The fraction of sp³-hybridized carbons (Fsp3) is 0.241. The van der Waals surface area contributed by atoms with Gasteiger partial charge in [-0.2, -0.15) is 0 Å². The number of methoxy groups -OCH3 is 1. The minimum Gasteiger partial charge on any atom is -0.497 e. The Morgan fingerprint density at radius 3 is 2.45 bits per heavy atom. The van der Waals surface area contributed by atoms with Gasteiger partial charge in [0.25, 0.3) is 5.56 Å². The van der Waals surface area contributed by atoms with Gasteiger partial charge in [0, 0.05) is 29.6 Å². The molecule has 0 spiro atoms. The number of benzene rings is 3. The molecule has 0 bridgehead atoms. The number of nitrogens with zero attached hydrogens (tertiary/aromatic N) is 5. The van der Waals surface area contributed by atoms with Crippen LogP contribution in [0.25, 0.3) is 10.9 Å². The van der Waals surface area contributed by atoms with E-state index in [1.54, 1.807) is 11.8 Å². The molecule has 0 fully saturated rings. The molecule has 0 atom stereocenters. The van der Waals surface area contributed by atoms with Crippen molar-refractivity contribution in [3.63, 3.8) is 0 Å². The van der Waals surface area contributed by atoms with Gasteiger partial charge in [-0.25, -0.2) is 4.68 Å². The van der Waals surface area contributed by atoms with E-state index in [0.29, 0.717) is 44.2 Å². The van der Waals surface area contributed by atoms with Gasteiger partial charge in [0.05, 0.1) is 26.8 Å². The highest BCUT2D eigenvalue weighted by atomic mass is 16.5. The van der Waals surface area contributed by atoms with Crippen molar-refractivity contribution in [3.8, 4) is 11.5 Å². The van der Waals surface area contributed by atoms with E-state index in [1.165, 1.54) is 0 Å². The summed E-state index contributed by atoms with van der Waals surface area (Å²) in [6.07, 6.45) is 0. The van der Waals surface area contributed by atoms with Crippen molar-refractivity contribution in [2.45, 2.75) is 33.1 Å². The number of aromatic nitrogens is 5. The zero-order valence-electron chi connectivity index (χ0n) is 21.5. The smallest absolute Gasteiger partial charge is 0.252 e. The van der Waals surface area contributed by atoms with Crippen LogP contribution in [0.2, 0.25) is 0 Å². The van der Waals surface area contributed by atoms with E-state index in [4.69, 9.17) is 9.47 Å². The maximum absolute atomic E-state index is 13.0. The minimum atomic E-state index is -0.113. The Labute approximate surface area is 220 Å². The standard InChI is InChI=1S/C29H30N6O3/c1-3-38-26-13-14-27-23(16-26)15-24(29(36)30-27)19-34(17-21-7-5-4-6-8-21)20-28-31-32-33-35(28)18-22-9-11-25(37-2)12-10-22/h4-16H,3,17-20H2,1-2H3,(H,30,36). The van der Waals surface area contributed by atoms with Gasteiger partial charge in [0.1, 0.15) is 11.5 Å². The first-order chi connectivity index (χ1) is 18.6. The summed E-state index contributed by atoms with van der Waals surface area (Å²) in [6, 6.07) is 25.6. The average molecular weight is 511 g/mol. The Morgan fingerprint density at radius 1 is 0.895 bits per heavy atom. The Balaban J connectivity index is 1.42. The monoisotopic (exact) mass is 510 g/mol. The summed E-state index contributed by atoms with van der Waals surface area (Å²) in [5.41, 5.74) is 3.52. The second-order valence-electron chi connectivity index (χ2n) is 9.04. The van der Waals surface area contributed by atoms with Crippen LogP contribution in [0.3, 0.4) is 0 Å². The maximum Gasteiger partial charge on any atom is 0.252 e. The quantitative estimate of drug-likeness (QED) is 0.285. The van der Waals surface area contributed by atoms with Crippen LogP contribution in [-0.2, 0) is 26.2 Å². The third-order valence-electron chi connectivity index (χ3n) is 6.31. The van der Waals surface area contributed by atoms with Crippen LogP contribution in [0, 0.1) is 0 Å². The van der Waals surface area contributed by atoms with Gasteiger partial charge in [0.15, 0.2) is 5.82 Å². The fourth-order valence-electron chi connectivity index (χ4n) is 4.42. The van der Waals surface area contributed by atoms with Gasteiger partial charge in [0.2, 0.25) is 0 Å². The predicted molar refractivity (Wildman–Crippen MR) is 145 cm³/mol. The Kier molecular flexibility index (Phi) is 7.75. The van der Waals surface area contributed by atoms with Crippen molar-refractivity contribution in [1.29, 1.82) is 0 Å². The molecule has 9 nitrogen and oxygen atoms in total. The van der Waals surface area contributed by atoms with Crippen LogP contribution in [0.1, 0.15) is 29.4 Å².